The molecule has 1 fully saturated rings. The van der Waals surface area contributed by atoms with E-state index in [0.717, 1.165) is 43.7 Å². The molecule has 26 heavy (non-hydrogen) atoms. The molecule has 1 aromatic rings. The van der Waals surface area contributed by atoms with Crippen molar-refractivity contribution in [2.75, 3.05) is 46.4 Å². The molecule has 1 aliphatic rings. The van der Waals surface area contributed by atoms with Crippen molar-refractivity contribution in [2.45, 2.75) is 32.6 Å². The summed E-state index contributed by atoms with van der Waals surface area (Å²) in [5.74, 6) is 2.70. The van der Waals surface area contributed by atoms with E-state index >= 15 is 0 Å². The van der Waals surface area contributed by atoms with Crippen LogP contribution in [0, 0.1) is 5.92 Å². The second-order valence-corrected chi connectivity index (χ2v) is 6.74. The molecule has 0 aromatic heterocycles. The van der Waals surface area contributed by atoms with Crippen LogP contribution in [0.5, 0.6) is 5.75 Å². The summed E-state index contributed by atoms with van der Waals surface area (Å²) in [6, 6.07) is 9.95. The number of nitrogens with one attached hydrogen (secondary N) is 2. The van der Waals surface area contributed by atoms with Crippen molar-refractivity contribution in [2.24, 2.45) is 10.9 Å². The van der Waals surface area contributed by atoms with E-state index in [1.54, 1.807) is 0 Å². The Morgan fingerprint density at radius 3 is 2.62 bits per heavy atom. The van der Waals surface area contributed by atoms with Crippen molar-refractivity contribution in [1.29, 1.82) is 0 Å². The molecule has 1 saturated heterocycles. The fourth-order valence-corrected chi connectivity index (χ4v) is 3.05. The first-order valence-electron chi connectivity index (χ1n) is 9.66. The Bertz CT molecular complexity index is 490. The molecule has 148 valence electrons. The summed E-state index contributed by atoms with van der Waals surface area (Å²) in [6.45, 7) is 7.94. The lowest BCUT2D eigenvalue weighted by molar-refractivity contribution is 0.213. The molecule has 1 aliphatic heterocycles. The maximum atomic E-state index is 5.70. The lowest BCUT2D eigenvalue weighted by Gasteiger charge is -2.29. The maximum Gasteiger partial charge on any atom is 0.191 e. The van der Waals surface area contributed by atoms with Crippen LogP contribution in [0.1, 0.15) is 32.6 Å². The van der Waals surface area contributed by atoms with Crippen LogP contribution in [0.25, 0.3) is 0 Å². The number of para-hydroxylation sites is 1. The molecule has 0 saturated carbocycles. The lowest BCUT2D eigenvalue weighted by atomic mass is 9.94. The Labute approximate surface area is 176 Å². The van der Waals surface area contributed by atoms with Gasteiger partial charge >= 0.3 is 0 Å². The van der Waals surface area contributed by atoms with Crippen LogP contribution >= 0.6 is 24.0 Å². The molecule has 0 unspecified atom stereocenters. The van der Waals surface area contributed by atoms with E-state index in [0.29, 0.717) is 6.61 Å². The van der Waals surface area contributed by atoms with Crippen LogP contribution < -0.4 is 15.4 Å². The second-order valence-electron chi connectivity index (χ2n) is 6.74. The molecule has 1 heterocycles. The molecular weight excluding hydrogens is 439 g/mol. The van der Waals surface area contributed by atoms with Gasteiger partial charge in [-0.1, -0.05) is 18.2 Å². The highest BCUT2D eigenvalue weighted by atomic mass is 127. The number of rotatable bonds is 9. The first-order valence-corrected chi connectivity index (χ1v) is 9.66. The Kier molecular flexibility index (Phi) is 12.5. The number of guanidine groups is 1. The third-order valence-electron chi connectivity index (χ3n) is 4.61. The maximum absolute atomic E-state index is 5.70. The van der Waals surface area contributed by atoms with E-state index in [1.165, 1.54) is 32.4 Å². The minimum atomic E-state index is 0. The summed E-state index contributed by atoms with van der Waals surface area (Å²) in [6.07, 6.45) is 4.79. The SMILES string of the molecule is CCNC(=NCCCOc1ccccc1)NCCC1CCN(C)CC1.I. The number of hydrogen-bond acceptors (Lipinski definition) is 3. The Hall–Kier alpha value is -1.02. The Morgan fingerprint density at radius 1 is 1.19 bits per heavy atom. The topological polar surface area (TPSA) is 48.9 Å². The van der Waals surface area contributed by atoms with Gasteiger partial charge in [-0.15, -0.1) is 24.0 Å². The van der Waals surface area contributed by atoms with Crippen molar-refractivity contribution in [3.8, 4) is 5.75 Å². The van der Waals surface area contributed by atoms with Crippen LogP contribution in [-0.2, 0) is 0 Å². The summed E-state index contributed by atoms with van der Waals surface area (Å²) < 4.78 is 5.70. The van der Waals surface area contributed by atoms with E-state index in [9.17, 15) is 0 Å². The van der Waals surface area contributed by atoms with E-state index in [2.05, 4.69) is 34.5 Å². The predicted molar refractivity (Wildman–Crippen MR) is 121 cm³/mol. The summed E-state index contributed by atoms with van der Waals surface area (Å²) >= 11 is 0. The van der Waals surface area contributed by atoms with Gasteiger partial charge in [-0.3, -0.25) is 4.99 Å². The molecule has 5 nitrogen and oxygen atoms in total. The molecule has 6 heteroatoms. The third kappa shape index (κ3) is 9.62. The van der Waals surface area contributed by atoms with Crippen LogP contribution in [0.15, 0.2) is 35.3 Å². The number of piperidine rings is 1. The number of nitrogens with zero attached hydrogens (tertiary/aromatic N) is 2. The first kappa shape index (κ1) is 23.0. The van der Waals surface area contributed by atoms with Gasteiger partial charge in [0.1, 0.15) is 5.75 Å². The fraction of sp³-hybridized carbons (Fsp3) is 0.650. The molecule has 1 aromatic carbocycles. The van der Waals surface area contributed by atoms with Gasteiger partial charge in [0, 0.05) is 26.1 Å². The zero-order valence-corrected chi connectivity index (χ0v) is 18.6. The van der Waals surface area contributed by atoms with Gasteiger partial charge in [0.15, 0.2) is 5.96 Å². The highest BCUT2D eigenvalue weighted by molar-refractivity contribution is 14.0. The molecule has 0 atom stereocenters. The summed E-state index contributed by atoms with van der Waals surface area (Å²) in [5.41, 5.74) is 0. The largest absolute Gasteiger partial charge is 0.494 e. The predicted octanol–water partition coefficient (Wildman–Crippen LogP) is 3.36. The van der Waals surface area contributed by atoms with E-state index in [-0.39, 0.29) is 24.0 Å². The smallest absolute Gasteiger partial charge is 0.191 e. The number of likely N-dealkylation sites (tertiary alicyclic amines) is 1. The summed E-state index contributed by atoms with van der Waals surface area (Å²) in [5, 5.41) is 6.80. The number of hydrogen-bond donors (Lipinski definition) is 2. The minimum absolute atomic E-state index is 0. The van der Waals surface area contributed by atoms with Crippen molar-refractivity contribution in [3.05, 3.63) is 30.3 Å². The normalized spacial score (nSPS) is 16.0. The zero-order chi connectivity index (χ0) is 17.7. The lowest BCUT2D eigenvalue weighted by Crippen LogP contribution is -2.39. The average Bonchev–Trinajstić information content (AvgIpc) is 2.64. The van der Waals surface area contributed by atoms with Gasteiger partial charge in [0.05, 0.1) is 6.61 Å². The molecule has 2 rings (SSSR count). The number of benzene rings is 1. The monoisotopic (exact) mass is 474 g/mol. The molecule has 0 aliphatic carbocycles. The molecular formula is C20H35IN4O. The van der Waals surface area contributed by atoms with Crippen LogP contribution in [-0.4, -0.2) is 57.2 Å². The summed E-state index contributed by atoms with van der Waals surface area (Å²) in [4.78, 5) is 7.07. The average molecular weight is 474 g/mol. The van der Waals surface area contributed by atoms with Crippen LogP contribution in [0.4, 0.5) is 0 Å². The first-order chi connectivity index (χ1) is 12.3. The number of ether oxygens (including phenoxy) is 1. The molecule has 0 bridgehead atoms. The quantitative estimate of drug-likeness (QED) is 0.250. The number of halogens is 1. The van der Waals surface area contributed by atoms with Gasteiger partial charge in [-0.2, -0.15) is 0 Å². The van der Waals surface area contributed by atoms with Gasteiger partial charge in [0.2, 0.25) is 0 Å². The van der Waals surface area contributed by atoms with Crippen molar-refractivity contribution in [3.63, 3.8) is 0 Å². The second kappa shape index (κ2) is 14.1. The Balaban J connectivity index is 0.00000338. The highest BCUT2D eigenvalue weighted by Gasteiger charge is 2.16. The molecule has 2 N–H and O–H groups in total. The van der Waals surface area contributed by atoms with Gasteiger partial charge in [0.25, 0.3) is 0 Å². The standard InChI is InChI=1S/C20H34N4O.HI/c1-3-21-20(23-14-10-18-11-15-24(2)16-12-18)22-13-7-17-25-19-8-5-4-6-9-19;/h4-6,8-9,18H,3,7,10-17H2,1-2H3,(H2,21,22,23);1H. The molecule has 0 spiro atoms. The molecule has 0 amide bonds. The number of aliphatic imine (C=N–C) groups is 1. The molecule has 0 radical (unpaired) electrons. The van der Waals surface area contributed by atoms with Gasteiger partial charge < -0.3 is 20.3 Å². The van der Waals surface area contributed by atoms with E-state index in [1.807, 2.05) is 30.3 Å². The zero-order valence-electron chi connectivity index (χ0n) is 16.2. The van der Waals surface area contributed by atoms with Crippen LogP contribution in [0.2, 0.25) is 0 Å². The van der Waals surface area contributed by atoms with E-state index in [4.69, 9.17) is 4.74 Å². The summed E-state index contributed by atoms with van der Waals surface area (Å²) in [7, 11) is 2.21. The minimum Gasteiger partial charge on any atom is -0.494 e. The van der Waals surface area contributed by atoms with Gasteiger partial charge in [-0.05, 0) is 64.4 Å². The fourth-order valence-electron chi connectivity index (χ4n) is 3.05. The third-order valence-corrected chi connectivity index (χ3v) is 4.61. The van der Waals surface area contributed by atoms with E-state index < -0.39 is 0 Å². The van der Waals surface area contributed by atoms with Gasteiger partial charge in [-0.25, -0.2) is 0 Å². The van der Waals surface area contributed by atoms with Crippen molar-refractivity contribution < 1.29 is 4.74 Å². The highest BCUT2D eigenvalue weighted by Crippen LogP contribution is 2.18. The van der Waals surface area contributed by atoms with Crippen LogP contribution in [0.3, 0.4) is 0 Å². The Morgan fingerprint density at radius 2 is 1.92 bits per heavy atom. The van der Waals surface area contributed by atoms with Crippen molar-refractivity contribution >= 4 is 29.9 Å². The van der Waals surface area contributed by atoms with Crippen molar-refractivity contribution in [1.82, 2.24) is 15.5 Å².